The van der Waals surface area contributed by atoms with Crippen LogP contribution in [0.3, 0.4) is 0 Å². The third kappa shape index (κ3) is 3.67. The number of hydrogen-bond donors (Lipinski definition) is 2. The van der Waals surface area contributed by atoms with E-state index in [2.05, 4.69) is 0 Å². The van der Waals surface area contributed by atoms with Crippen LogP contribution in [0.15, 0.2) is 18.2 Å². The van der Waals surface area contributed by atoms with E-state index in [9.17, 15) is 17.6 Å². The fourth-order valence-corrected chi connectivity index (χ4v) is 1.59. The van der Waals surface area contributed by atoms with Crippen molar-refractivity contribution in [1.29, 1.82) is 0 Å². The normalized spacial score (nSPS) is 13.8. The molecule has 1 rings (SSSR count). The second-order valence-electron chi connectivity index (χ2n) is 3.77. The van der Waals surface area contributed by atoms with Crippen molar-refractivity contribution in [2.24, 2.45) is 11.5 Å². The second-order valence-corrected chi connectivity index (χ2v) is 3.77. The molecule has 4 N–H and O–H groups in total. The van der Waals surface area contributed by atoms with Crippen LogP contribution in [0.5, 0.6) is 0 Å². The summed E-state index contributed by atoms with van der Waals surface area (Å²) in [5.41, 5.74) is 9.78. The Morgan fingerprint density at radius 1 is 1.24 bits per heavy atom. The highest BCUT2D eigenvalue weighted by molar-refractivity contribution is 5.32. The minimum atomic E-state index is -4.52. The van der Waals surface area contributed by atoms with Crippen molar-refractivity contribution < 1.29 is 17.6 Å². The SMILES string of the molecule is NCCC[C@@H](N)c1cc(F)ccc1C(F)(F)F. The Morgan fingerprint density at radius 3 is 2.41 bits per heavy atom. The molecule has 2 nitrogen and oxygen atoms in total. The molecule has 6 heteroatoms. The van der Waals surface area contributed by atoms with Gasteiger partial charge < -0.3 is 11.5 Å². The largest absolute Gasteiger partial charge is 0.416 e. The summed E-state index contributed by atoms with van der Waals surface area (Å²) in [6, 6.07) is 1.48. The van der Waals surface area contributed by atoms with Crippen molar-refractivity contribution >= 4 is 0 Å². The Balaban J connectivity index is 3.07. The molecule has 0 fully saturated rings. The minimum absolute atomic E-state index is 0.217. The first-order valence-electron chi connectivity index (χ1n) is 5.18. The molecule has 0 saturated carbocycles. The van der Waals surface area contributed by atoms with Crippen LogP contribution in [0.1, 0.15) is 30.0 Å². The van der Waals surface area contributed by atoms with Crippen LogP contribution in [0.4, 0.5) is 17.6 Å². The highest BCUT2D eigenvalue weighted by Gasteiger charge is 2.34. The smallest absolute Gasteiger partial charge is 0.330 e. The number of nitrogens with two attached hydrogens (primary N) is 2. The molecule has 0 aliphatic carbocycles. The molecule has 0 aliphatic heterocycles. The summed E-state index contributed by atoms with van der Waals surface area (Å²) in [6.07, 6.45) is -3.73. The van der Waals surface area contributed by atoms with Crippen molar-refractivity contribution in [3.8, 4) is 0 Å². The van der Waals surface area contributed by atoms with E-state index in [1.807, 2.05) is 0 Å². The topological polar surface area (TPSA) is 52.0 Å². The molecule has 17 heavy (non-hydrogen) atoms. The number of rotatable bonds is 4. The number of halogens is 4. The quantitative estimate of drug-likeness (QED) is 0.807. The molecular formula is C11H14F4N2. The van der Waals surface area contributed by atoms with Crippen LogP contribution in [-0.2, 0) is 6.18 Å². The molecule has 0 saturated heterocycles. The Labute approximate surface area is 96.6 Å². The average Bonchev–Trinajstić information content (AvgIpc) is 2.24. The van der Waals surface area contributed by atoms with E-state index >= 15 is 0 Å². The highest BCUT2D eigenvalue weighted by Crippen LogP contribution is 2.35. The molecule has 0 unspecified atom stereocenters. The molecule has 0 aromatic heterocycles. The summed E-state index contributed by atoms with van der Waals surface area (Å²) < 4.78 is 50.9. The van der Waals surface area contributed by atoms with Crippen LogP contribution in [0.25, 0.3) is 0 Å². The van der Waals surface area contributed by atoms with Gasteiger partial charge in [0, 0.05) is 6.04 Å². The lowest BCUT2D eigenvalue weighted by Crippen LogP contribution is -2.18. The summed E-state index contributed by atoms with van der Waals surface area (Å²) in [4.78, 5) is 0. The summed E-state index contributed by atoms with van der Waals surface area (Å²) in [5.74, 6) is -0.726. The molecule has 1 aromatic rings. The van der Waals surface area contributed by atoms with Crippen LogP contribution in [0.2, 0.25) is 0 Å². The molecule has 0 aliphatic rings. The van der Waals surface area contributed by atoms with Gasteiger partial charge in [-0.1, -0.05) is 0 Å². The maximum absolute atomic E-state index is 13.0. The van der Waals surface area contributed by atoms with Gasteiger partial charge in [-0.2, -0.15) is 13.2 Å². The first-order chi connectivity index (χ1) is 7.86. The van der Waals surface area contributed by atoms with E-state index in [0.29, 0.717) is 25.5 Å². The molecule has 0 amide bonds. The van der Waals surface area contributed by atoms with Gasteiger partial charge >= 0.3 is 6.18 Å². The number of benzene rings is 1. The molecule has 0 spiro atoms. The maximum Gasteiger partial charge on any atom is 0.416 e. The lowest BCUT2D eigenvalue weighted by molar-refractivity contribution is -0.138. The minimum Gasteiger partial charge on any atom is -0.330 e. The summed E-state index contributed by atoms with van der Waals surface area (Å²) >= 11 is 0. The van der Waals surface area contributed by atoms with Gasteiger partial charge in [0.05, 0.1) is 5.56 Å². The van der Waals surface area contributed by atoms with Crippen molar-refractivity contribution in [2.45, 2.75) is 25.1 Å². The van der Waals surface area contributed by atoms with Gasteiger partial charge in [0.25, 0.3) is 0 Å². The molecule has 0 radical (unpaired) electrons. The van der Waals surface area contributed by atoms with E-state index in [0.717, 1.165) is 12.1 Å². The van der Waals surface area contributed by atoms with Crippen LogP contribution >= 0.6 is 0 Å². The monoisotopic (exact) mass is 250 g/mol. The van der Waals surface area contributed by atoms with Gasteiger partial charge in [0.15, 0.2) is 0 Å². The third-order valence-electron chi connectivity index (χ3n) is 2.44. The van der Waals surface area contributed by atoms with Gasteiger partial charge in [0.1, 0.15) is 5.82 Å². The lowest BCUT2D eigenvalue weighted by atomic mass is 9.97. The Bertz CT molecular complexity index is 376. The molecule has 96 valence electrons. The molecule has 1 atom stereocenters. The lowest BCUT2D eigenvalue weighted by Gasteiger charge is -2.18. The van der Waals surface area contributed by atoms with E-state index < -0.39 is 23.6 Å². The Kier molecular flexibility index (Phi) is 4.47. The third-order valence-corrected chi connectivity index (χ3v) is 2.44. The van der Waals surface area contributed by atoms with E-state index in [1.54, 1.807) is 0 Å². The van der Waals surface area contributed by atoms with Gasteiger partial charge in [-0.15, -0.1) is 0 Å². The van der Waals surface area contributed by atoms with Gasteiger partial charge in [-0.25, -0.2) is 4.39 Å². The maximum atomic E-state index is 13.0. The summed E-state index contributed by atoms with van der Waals surface area (Å²) in [5, 5.41) is 0. The predicted molar refractivity (Wildman–Crippen MR) is 56.6 cm³/mol. The van der Waals surface area contributed by atoms with E-state index in [-0.39, 0.29) is 5.56 Å². The van der Waals surface area contributed by atoms with Crippen molar-refractivity contribution in [1.82, 2.24) is 0 Å². The van der Waals surface area contributed by atoms with Crippen LogP contribution in [-0.4, -0.2) is 6.54 Å². The van der Waals surface area contributed by atoms with Crippen molar-refractivity contribution in [3.63, 3.8) is 0 Å². The fraction of sp³-hybridized carbons (Fsp3) is 0.455. The highest BCUT2D eigenvalue weighted by atomic mass is 19.4. The molecule has 0 bridgehead atoms. The summed E-state index contributed by atoms with van der Waals surface area (Å²) in [6.45, 7) is 0.338. The summed E-state index contributed by atoms with van der Waals surface area (Å²) in [7, 11) is 0. The zero-order valence-electron chi connectivity index (χ0n) is 9.10. The molecule has 0 heterocycles. The number of alkyl halides is 3. The average molecular weight is 250 g/mol. The Morgan fingerprint density at radius 2 is 1.88 bits per heavy atom. The van der Waals surface area contributed by atoms with E-state index in [4.69, 9.17) is 11.5 Å². The second kappa shape index (κ2) is 5.46. The van der Waals surface area contributed by atoms with Gasteiger partial charge in [-0.3, -0.25) is 0 Å². The van der Waals surface area contributed by atoms with Crippen molar-refractivity contribution in [3.05, 3.63) is 35.1 Å². The zero-order chi connectivity index (χ0) is 13.1. The van der Waals surface area contributed by atoms with Gasteiger partial charge in [-0.05, 0) is 43.1 Å². The van der Waals surface area contributed by atoms with Crippen LogP contribution in [0, 0.1) is 5.82 Å². The predicted octanol–water partition coefficient (Wildman–Crippen LogP) is 2.58. The molecular weight excluding hydrogens is 236 g/mol. The number of hydrogen-bond acceptors (Lipinski definition) is 2. The fourth-order valence-electron chi connectivity index (χ4n) is 1.59. The first kappa shape index (κ1) is 13.9. The van der Waals surface area contributed by atoms with E-state index in [1.165, 1.54) is 0 Å². The molecule has 1 aromatic carbocycles. The van der Waals surface area contributed by atoms with Crippen molar-refractivity contribution in [2.75, 3.05) is 6.54 Å². The van der Waals surface area contributed by atoms with Gasteiger partial charge in [0.2, 0.25) is 0 Å². The standard InChI is InChI=1S/C11H14F4N2/c12-7-3-4-9(11(13,14)15)8(6-7)10(17)2-1-5-16/h3-4,6,10H,1-2,5,16-17H2/t10-/m1/s1. The zero-order valence-corrected chi connectivity index (χ0v) is 9.10. The first-order valence-corrected chi connectivity index (χ1v) is 5.18. The van der Waals surface area contributed by atoms with Crippen LogP contribution < -0.4 is 11.5 Å². The Hall–Kier alpha value is -1.14.